The maximum atomic E-state index is 11.9. The average molecular weight is 294 g/mol. The van der Waals surface area contributed by atoms with E-state index in [0.717, 1.165) is 0 Å². The van der Waals surface area contributed by atoms with Gasteiger partial charge in [-0.1, -0.05) is 11.3 Å². The van der Waals surface area contributed by atoms with Crippen LogP contribution in [-0.4, -0.2) is 28.1 Å². The van der Waals surface area contributed by atoms with Gasteiger partial charge < -0.3 is 4.74 Å². The van der Waals surface area contributed by atoms with Gasteiger partial charge in [0, 0.05) is 24.8 Å². The molecule has 1 aromatic carbocycles. The average Bonchev–Trinajstić information content (AvgIpc) is 2.86. The molecule has 8 nitrogen and oxygen atoms in total. The molecular formula is C11H10N4O4S. The topological polar surface area (TPSA) is 107 Å². The molecule has 0 atom stereocenters. The summed E-state index contributed by atoms with van der Waals surface area (Å²) in [7, 11) is 1.54. The lowest BCUT2D eigenvalue weighted by Crippen LogP contribution is -2.11. The van der Waals surface area contributed by atoms with Crippen LogP contribution in [0.3, 0.4) is 0 Å². The number of carbonyl (C=O) groups is 1. The zero-order valence-electron chi connectivity index (χ0n) is 10.4. The molecule has 0 saturated carbocycles. The fourth-order valence-electron chi connectivity index (χ4n) is 1.39. The van der Waals surface area contributed by atoms with Gasteiger partial charge in [-0.15, -0.1) is 10.2 Å². The minimum atomic E-state index is -0.524. The lowest BCUT2D eigenvalue weighted by Gasteiger charge is -2.00. The maximum absolute atomic E-state index is 11.9. The quantitative estimate of drug-likeness (QED) is 0.666. The van der Waals surface area contributed by atoms with E-state index in [-0.39, 0.29) is 5.69 Å². The number of benzene rings is 1. The summed E-state index contributed by atoms with van der Waals surface area (Å²) in [6.07, 6.45) is 0. The van der Waals surface area contributed by atoms with Gasteiger partial charge in [0.1, 0.15) is 11.6 Å². The highest BCUT2D eigenvalue weighted by molar-refractivity contribution is 7.15. The molecule has 1 heterocycles. The van der Waals surface area contributed by atoms with Crippen LogP contribution in [0, 0.1) is 10.1 Å². The van der Waals surface area contributed by atoms with Gasteiger partial charge >= 0.3 is 0 Å². The third-order valence-electron chi connectivity index (χ3n) is 2.30. The summed E-state index contributed by atoms with van der Waals surface area (Å²) < 4.78 is 4.90. The molecule has 0 spiro atoms. The van der Waals surface area contributed by atoms with Gasteiger partial charge in [-0.25, -0.2) is 0 Å². The molecule has 2 rings (SSSR count). The molecule has 0 aliphatic heterocycles. The molecular weight excluding hydrogens is 284 g/mol. The van der Waals surface area contributed by atoms with E-state index in [2.05, 4.69) is 15.5 Å². The van der Waals surface area contributed by atoms with Crippen molar-refractivity contribution in [3.8, 4) is 0 Å². The van der Waals surface area contributed by atoms with Crippen molar-refractivity contribution in [1.29, 1.82) is 0 Å². The van der Waals surface area contributed by atoms with Crippen molar-refractivity contribution in [3.63, 3.8) is 0 Å². The fourth-order valence-corrected chi connectivity index (χ4v) is 2.10. The number of methoxy groups -OCH3 is 1. The van der Waals surface area contributed by atoms with Crippen molar-refractivity contribution in [1.82, 2.24) is 10.2 Å². The number of nitro benzene ring substituents is 1. The summed E-state index contributed by atoms with van der Waals surface area (Å²) in [6, 6.07) is 5.30. The highest BCUT2D eigenvalue weighted by Gasteiger charge is 2.12. The number of anilines is 1. The number of aromatic nitrogens is 2. The van der Waals surface area contributed by atoms with Crippen LogP contribution in [0.1, 0.15) is 15.4 Å². The van der Waals surface area contributed by atoms with Gasteiger partial charge in [0.05, 0.1) is 4.92 Å². The second kappa shape index (κ2) is 6.17. The Hall–Kier alpha value is -2.39. The molecule has 0 bridgehead atoms. The van der Waals surface area contributed by atoms with E-state index in [1.54, 1.807) is 0 Å². The summed E-state index contributed by atoms with van der Waals surface area (Å²) in [6.45, 7) is 0.324. The number of ether oxygens (including phenoxy) is 1. The van der Waals surface area contributed by atoms with Crippen molar-refractivity contribution in [2.45, 2.75) is 6.61 Å². The number of nitro groups is 1. The van der Waals surface area contributed by atoms with Crippen molar-refractivity contribution in [3.05, 3.63) is 45.0 Å². The molecule has 0 fully saturated rings. The molecule has 1 aromatic heterocycles. The largest absolute Gasteiger partial charge is 0.377 e. The Morgan fingerprint density at radius 2 is 2.10 bits per heavy atom. The Morgan fingerprint density at radius 3 is 2.70 bits per heavy atom. The van der Waals surface area contributed by atoms with Gasteiger partial charge in [-0.2, -0.15) is 0 Å². The predicted molar refractivity (Wildman–Crippen MR) is 71.7 cm³/mol. The standard InChI is InChI=1S/C11H10N4O4S/c1-19-6-9-13-14-11(20-9)12-10(16)7-2-4-8(5-3-7)15(17)18/h2-5H,6H2,1H3,(H,12,14,16). The molecule has 0 unspecified atom stereocenters. The van der Waals surface area contributed by atoms with E-state index in [9.17, 15) is 14.9 Å². The second-order valence-electron chi connectivity index (χ2n) is 3.69. The first-order valence-corrected chi connectivity index (χ1v) is 6.29. The number of carbonyl (C=O) groups excluding carboxylic acids is 1. The number of amides is 1. The molecule has 2 aromatic rings. The summed E-state index contributed by atoms with van der Waals surface area (Å²) >= 11 is 1.20. The Labute approximate surface area is 117 Å². The Kier molecular flexibility index (Phi) is 4.33. The van der Waals surface area contributed by atoms with E-state index in [4.69, 9.17) is 4.74 Å². The number of hydrogen-bond donors (Lipinski definition) is 1. The normalized spacial score (nSPS) is 10.2. The highest BCUT2D eigenvalue weighted by Crippen LogP contribution is 2.18. The maximum Gasteiger partial charge on any atom is 0.269 e. The van der Waals surface area contributed by atoms with Gasteiger partial charge in [0.25, 0.3) is 11.6 Å². The molecule has 1 amide bonds. The van der Waals surface area contributed by atoms with Crippen LogP contribution in [0.4, 0.5) is 10.8 Å². The molecule has 0 saturated heterocycles. The SMILES string of the molecule is COCc1nnc(NC(=O)c2ccc([N+](=O)[O-])cc2)s1. The minimum absolute atomic E-state index is 0.0696. The van der Waals surface area contributed by atoms with Crippen molar-refractivity contribution >= 4 is 28.1 Å². The first kappa shape index (κ1) is 14.0. The lowest BCUT2D eigenvalue weighted by atomic mass is 10.2. The highest BCUT2D eigenvalue weighted by atomic mass is 32.1. The van der Waals surface area contributed by atoms with E-state index in [1.165, 1.54) is 42.7 Å². The monoisotopic (exact) mass is 294 g/mol. The number of nitrogens with one attached hydrogen (secondary N) is 1. The van der Waals surface area contributed by atoms with Crippen LogP contribution >= 0.6 is 11.3 Å². The molecule has 9 heteroatoms. The molecule has 104 valence electrons. The van der Waals surface area contributed by atoms with Gasteiger partial charge in [0.2, 0.25) is 5.13 Å². The van der Waals surface area contributed by atoms with Gasteiger partial charge in [-0.3, -0.25) is 20.2 Å². The lowest BCUT2D eigenvalue weighted by molar-refractivity contribution is -0.384. The Bertz CT molecular complexity index is 626. The van der Waals surface area contributed by atoms with Gasteiger partial charge in [0.15, 0.2) is 0 Å². The van der Waals surface area contributed by atoms with Crippen molar-refractivity contribution in [2.75, 3.05) is 12.4 Å². The van der Waals surface area contributed by atoms with Crippen LogP contribution in [0.15, 0.2) is 24.3 Å². The fraction of sp³-hybridized carbons (Fsp3) is 0.182. The summed E-state index contributed by atoms with van der Waals surface area (Å²) in [5.74, 6) is -0.403. The molecule has 0 aliphatic rings. The van der Waals surface area contributed by atoms with Crippen LogP contribution in [0.2, 0.25) is 0 Å². The zero-order chi connectivity index (χ0) is 14.5. The predicted octanol–water partition coefficient (Wildman–Crippen LogP) is 1.84. The van der Waals surface area contributed by atoms with Crippen molar-refractivity contribution in [2.24, 2.45) is 0 Å². The summed E-state index contributed by atoms with van der Waals surface area (Å²) in [4.78, 5) is 21.9. The summed E-state index contributed by atoms with van der Waals surface area (Å²) in [5.41, 5.74) is 0.235. The Balaban J connectivity index is 2.05. The minimum Gasteiger partial charge on any atom is -0.377 e. The summed E-state index contributed by atoms with van der Waals surface area (Å²) in [5, 5.41) is 21.7. The van der Waals surface area contributed by atoms with E-state index in [0.29, 0.717) is 22.3 Å². The first-order valence-electron chi connectivity index (χ1n) is 5.47. The van der Waals surface area contributed by atoms with Crippen molar-refractivity contribution < 1.29 is 14.5 Å². The van der Waals surface area contributed by atoms with E-state index >= 15 is 0 Å². The number of nitrogens with zero attached hydrogens (tertiary/aromatic N) is 3. The number of non-ortho nitro benzene ring substituents is 1. The van der Waals surface area contributed by atoms with Crippen LogP contribution in [0.25, 0.3) is 0 Å². The second-order valence-corrected chi connectivity index (χ2v) is 4.75. The smallest absolute Gasteiger partial charge is 0.269 e. The molecule has 0 radical (unpaired) electrons. The van der Waals surface area contributed by atoms with E-state index in [1.807, 2.05) is 0 Å². The third kappa shape index (κ3) is 3.33. The number of rotatable bonds is 5. The third-order valence-corrected chi connectivity index (χ3v) is 3.11. The molecule has 20 heavy (non-hydrogen) atoms. The number of hydrogen-bond acceptors (Lipinski definition) is 7. The molecule has 1 N–H and O–H groups in total. The van der Waals surface area contributed by atoms with E-state index < -0.39 is 10.8 Å². The van der Waals surface area contributed by atoms with Crippen LogP contribution in [-0.2, 0) is 11.3 Å². The van der Waals surface area contributed by atoms with Gasteiger partial charge in [-0.05, 0) is 12.1 Å². The Morgan fingerprint density at radius 1 is 1.40 bits per heavy atom. The zero-order valence-corrected chi connectivity index (χ0v) is 11.2. The first-order chi connectivity index (χ1) is 9.60. The van der Waals surface area contributed by atoms with Crippen LogP contribution in [0.5, 0.6) is 0 Å². The molecule has 0 aliphatic carbocycles. The van der Waals surface area contributed by atoms with Crippen LogP contribution < -0.4 is 5.32 Å².